The van der Waals surface area contributed by atoms with Crippen molar-refractivity contribution in [3.05, 3.63) is 35.4 Å². The lowest BCUT2D eigenvalue weighted by atomic mass is 10.1. The average Bonchev–Trinajstić information content (AvgIpc) is 2.29. The summed E-state index contributed by atoms with van der Waals surface area (Å²) in [5.41, 5.74) is 1.29. The van der Waals surface area contributed by atoms with Crippen LogP contribution in [-0.4, -0.2) is 17.6 Å². The third kappa shape index (κ3) is 4.16. The van der Waals surface area contributed by atoms with Crippen LogP contribution in [-0.2, 0) is 6.54 Å². The minimum Gasteiger partial charge on any atom is -0.478 e. The molecule has 0 amide bonds. The zero-order valence-electron chi connectivity index (χ0n) is 9.07. The summed E-state index contributed by atoms with van der Waals surface area (Å²) in [5, 5.41) is 12.0. The molecule has 84 valence electrons. The molecule has 2 N–H and O–H groups in total. The van der Waals surface area contributed by atoms with Gasteiger partial charge in [0.05, 0.1) is 5.56 Å². The third-order valence-corrected chi connectivity index (χ3v) is 2.18. The summed E-state index contributed by atoms with van der Waals surface area (Å²) < 4.78 is 0. The lowest BCUT2D eigenvalue weighted by Gasteiger charge is -2.04. The Kier molecular flexibility index (Phi) is 5.10. The van der Waals surface area contributed by atoms with Gasteiger partial charge >= 0.3 is 5.97 Å². The molecule has 0 bridgehead atoms. The van der Waals surface area contributed by atoms with Gasteiger partial charge in [0, 0.05) is 13.0 Å². The van der Waals surface area contributed by atoms with Crippen molar-refractivity contribution >= 4 is 5.97 Å². The van der Waals surface area contributed by atoms with Crippen molar-refractivity contribution in [2.45, 2.75) is 19.4 Å². The summed E-state index contributed by atoms with van der Waals surface area (Å²) in [6.45, 7) is 1.52. The first kappa shape index (κ1) is 12.3. The van der Waals surface area contributed by atoms with Crippen molar-refractivity contribution in [2.75, 3.05) is 6.54 Å². The molecular formula is C13H15NO2. The first-order valence-electron chi connectivity index (χ1n) is 5.20. The molecule has 0 radical (unpaired) electrons. The Hall–Kier alpha value is -1.79. The van der Waals surface area contributed by atoms with Gasteiger partial charge in [-0.2, -0.15) is 0 Å². The van der Waals surface area contributed by atoms with Gasteiger partial charge in [0.1, 0.15) is 0 Å². The molecule has 3 nitrogen and oxygen atoms in total. The number of benzene rings is 1. The van der Waals surface area contributed by atoms with E-state index in [1.807, 2.05) is 6.07 Å². The number of rotatable bonds is 6. The zero-order valence-corrected chi connectivity index (χ0v) is 9.07. The molecule has 0 saturated heterocycles. The Morgan fingerprint density at radius 2 is 2.31 bits per heavy atom. The van der Waals surface area contributed by atoms with Gasteiger partial charge in [0.2, 0.25) is 0 Å². The number of nitrogens with one attached hydrogen (secondary N) is 1. The van der Waals surface area contributed by atoms with Crippen LogP contribution in [0.3, 0.4) is 0 Å². The number of aromatic carboxylic acids is 1. The van der Waals surface area contributed by atoms with Crippen LogP contribution in [0.5, 0.6) is 0 Å². The van der Waals surface area contributed by atoms with E-state index in [2.05, 4.69) is 11.2 Å². The maximum atomic E-state index is 10.7. The number of carboxylic acids is 1. The minimum atomic E-state index is -0.894. The van der Waals surface area contributed by atoms with E-state index in [0.29, 0.717) is 12.1 Å². The predicted octanol–water partition coefficient (Wildman–Crippen LogP) is 1.89. The number of carbonyl (C=O) groups is 1. The minimum absolute atomic E-state index is 0.322. The standard InChI is InChI=1S/C13H15NO2/c1-2-3-4-8-14-10-11-6-5-7-12(9-11)13(15)16/h1,5-7,9,14H,3-4,8,10H2,(H,15,16). The number of unbranched alkanes of at least 4 members (excludes halogenated alkanes) is 1. The van der Waals surface area contributed by atoms with E-state index in [9.17, 15) is 4.79 Å². The fourth-order valence-electron chi connectivity index (χ4n) is 1.36. The first-order chi connectivity index (χ1) is 7.74. The van der Waals surface area contributed by atoms with Crippen molar-refractivity contribution in [3.63, 3.8) is 0 Å². The van der Waals surface area contributed by atoms with Crippen LogP contribution in [0.15, 0.2) is 24.3 Å². The molecule has 16 heavy (non-hydrogen) atoms. The fraction of sp³-hybridized carbons (Fsp3) is 0.308. The lowest BCUT2D eigenvalue weighted by Crippen LogP contribution is -2.14. The smallest absolute Gasteiger partial charge is 0.335 e. The van der Waals surface area contributed by atoms with E-state index in [4.69, 9.17) is 11.5 Å². The van der Waals surface area contributed by atoms with Gasteiger partial charge in [0.15, 0.2) is 0 Å². The highest BCUT2D eigenvalue weighted by atomic mass is 16.4. The summed E-state index contributed by atoms with van der Waals surface area (Å²) in [5.74, 6) is 1.68. The number of terminal acetylenes is 1. The number of carboxylic acid groups (broad SMARTS) is 1. The van der Waals surface area contributed by atoms with Crippen LogP contribution >= 0.6 is 0 Å². The highest BCUT2D eigenvalue weighted by molar-refractivity contribution is 5.87. The zero-order chi connectivity index (χ0) is 11.8. The SMILES string of the molecule is C#CCCCNCc1cccc(C(=O)O)c1. The summed E-state index contributed by atoms with van der Waals surface area (Å²) >= 11 is 0. The quantitative estimate of drug-likeness (QED) is 0.565. The van der Waals surface area contributed by atoms with Gasteiger partial charge in [-0.25, -0.2) is 4.79 Å². The summed E-state index contributed by atoms with van der Waals surface area (Å²) in [6.07, 6.45) is 6.84. The van der Waals surface area contributed by atoms with Gasteiger partial charge in [-0.1, -0.05) is 12.1 Å². The maximum Gasteiger partial charge on any atom is 0.335 e. The molecule has 0 unspecified atom stereocenters. The second kappa shape index (κ2) is 6.65. The van der Waals surface area contributed by atoms with Crippen molar-refractivity contribution in [1.29, 1.82) is 0 Å². The molecule has 0 spiro atoms. The predicted molar refractivity (Wildman–Crippen MR) is 63.2 cm³/mol. The monoisotopic (exact) mass is 217 g/mol. The molecule has 0 aliphatic carbocycles. The maximum absolute atomic E-state index is 10.7. The Morgan fingerprint density at radius 3 is 3.00 bits per heavy atom. The van der Waals surface area contributed by atoms with Crippen LogP contribution in [0, 0.1) is 12.3 Å². The molecular weight excluding hydrogens is 202 g/mol. The number of hydrogen-bond donors (Lipinski definition) is 2. The normalized spacial score (nSPS) is 9.69. The van der Waals surface area contributed by atoms with Crippen LogP contribution in [0.2, 0.25) is 0 Å². The van der Waals surface area contributed by atoms with Gasteiger partial charge < -0.3 is 10.4 Å². The Morgan fingerprint density at radius 1 is 1.50 bits per heavy atom. The Bertz CT molecular complexity index is 393. The second-order valence-corrected chi connectivity index (χ2v) is 3.49. The second-order valence-electron chi connectivity index (χ2n) is 3.49. The summed E-state index contributed by atoms with van der Waals surface area (Å²) in [6, 6.07) is 6.92. The molecule has 0 atom stereocenters. The molecule has 0 aliphatic heterocycles. The van der Waals surface area contributed by atoms with E-state index in [0.717, 1.165) is 24.9 Å². The van der Waals surface area contributed by atoms with E-state index < -0.39 is 5.97 Å². The molecule has 0 fully saturated rings. The topological polar surface area (TPSA) is 49.3 Å². The van der Waals surface area contributed by atoms with Crippen molar-refractivity contribution in [3.8, 4) is 12.3 Å². The van der Waals surface area contributed by atoms with Crippen molar-refractivity contribution < 1.29 is 9.90 Å². The van der Waals surface area contributed by atoms with Gasteiger partial charge in [-0.15, -0.1) is 12.3 Å². The molecule has 0 heterocycles. The van der Waals surface area contributed by atoms with Crippen LogP contribution in [0.1, 0.15) is 28.8 Å². The average molecular weight is 217 g/mol. The Labute approximate surface area is 95.5 Å². The molecule has 0 aliphatic rings. The lowest BCUT2D eigenvalue weighted by molar-refractivity contribution is 0.0697. The first-order valence-corrected chi connectivity index (χ1v) is 5.20. The van der Waals surface area contributed by atoms with Crippen LogP contribution in [0.25, 0.3) is 0 Å². The molecule has 0 aromatic heterocycles. The van der Waals surface area contributed by atoms with Gasteiger partial charge in [-0.05, 0) is 30.7 Å². The molecule has 0 saturated carbocycles. The van der Waals surface area contributed by atoms with E-state index in [-0.39, 0.29) is 0 Å². The summed E-state index contributed by atoms with van der Waals surface area (Å²) in [7, 11) is 0. The van der Waals surface area contributed by atoms with Crippen LogP contribution < -0.4 is 5.32 Å². The van der Waals surface area contributed by atoms with E-state index in [1.165, 1.54) is 0 Å². The largest absolute Gasteiger partial charge is 0.478 e. The highest BCUT2D eigenvalue weighted by Gasteiger charge is 2.02. The number of hydrogen-bond acceptors (Lipinski definition) is 2. The van der Waals surface area contributed by atoms with Crippen LogP contribution in [0.4, 0.5) is 0 Å². The Balaban J connectivity index is 2.39. The molecule has 1 aromatic rings. The van der Waals surface area contributed by atoms with E-state index in [1.54, 1.807) is 18.2 Å². The van der Waals surface area contributed by atoms with Crippen molar-refractivity contribution in [2.24, 2.45) is 0 Å². The van der Waals surface area contributed by atoms with Crippen molar-refractivity contribution in [1.82, 2.24) is 5.32 Å². The molecule has 1 rings (SSSR count). The molecule has 1 aromatic carbocycles. The third-order valence-electron chi connectivity index (χ3n) is 2.18. The van der Waals surface area contributed by atoms with E-state index >= 15 is 0 Å². The van der Waals surface area contributed by atoms with Gasteiger partial charge in [0.25, 0.3) is 0 Å². The highest BCUT2D eigenvalue weighted by Crippen LogP contribution is 2.04. The summed E-state index contributed by atoms with van der Waals surface area (Å²) in [4.78, 5) is 10.7. The fourth-order valence-corrected chi connectivity index (χ4v) is 1.36. The van der Waals surface area contributed by atoms with Gasteiger partial charge in [-0.3, -0.25) is 0 Å². The molecule has 3 heteroatoms.